The van der Waals surface area contributed by atoms with Crippen molar-refractivity contribution in [3.63, 3.8) is 0 Å². The molecule has 90 valence electrons. The van der Waals surface area contributed by atoms with E-state index in [1.807, 2.05) is 24.3 Å². The lowest BCUT2D eigenvalue weighted by Crippen LogP contribution is -1.92. The van der Waals surface area contributed by atoms with E-state index in [1.54, 1.807) is 0 Å². The molecule has 0 radical (unpaired) electrons. The number of carbonyl (C=O) groups excluding carboxylic acids is 1. The van der Waals surface area contributed by atoms with Gasteiger partial charge >= 0.3 is 0 Å². The summed E-state index contributed by atoms with van der Waals surface area (Å²) in [6.45, 7) is 3.05. The SMILES string of the molecule is CCn1c2ccc(C=O)cc2c2ccc(Br)cc21. The molecule has 0 spiro atoms. The first-order chi connectivity index (χ1) is 8.74. The summed E-state index contributed by atoms with van der Waals surface area (Å²) in [5.41, 5.74) is 3.10. The highest BCUT2D eigenvalue weighted by atomic mass is 79.9. The van der Waals surface area contributed by atoms with Crippen molar-refractivity contribution in [1.29, 1.82) is 0 Å². The number of benzene rings is 2. The van der Waals surface area contributed by atoms with Gasteiger partial charge in [0.05, 0.1) is 5.52 Å². The van der Waals surface area contributed by atoms with Crippen LogP contribution in [0.2, 0.25) is 0 Å². The van der Waals surface area contributed by atoms with Crippen molar-refractivity contribution in [3.8, 4) is 0 Å². The van der Waals surface area contributed by atoms with Gasteiger partial charge in [-0.15, -0.1) is 0 Å². The first kappa shape index (κ1) is 11.5. The molecule has 2 aromatic carbocycles. The highest BCUT2D eigenvalue weighted by Crippen LogP contribution is 2.31. The van der Waals surface area contributed by atoms with Gasteiger partial charge in [0.25, 0.3) is 0 Å². The molecular formula is C15H12BrNO. The van der Waals surface area contributed by atoms with E-state index >= 15 is 0 Å². The molecule has 2 nitrogen and oxygen atoms in total. The number of carbonyl (C=O) groups is 1. The maximum absolute atomic E-state index is 10.9. The Bertz CT molecular complexity index is 758. The van der Waals surface area contributed by atoms with Crippen LogP contribution in [0, 0.1) is 0 Å². The molecule has 0 N–H and O–H groups in total. The summed E-state index contributed by atoms with van der Waals surface area (Å²) in [6.07, 6.45) is 0.896. The summed E-state index contributed by atoms with van der Waals surface area (Å²) in [6, 6.07) is 12.1. The molecule has 0 saturated heterocycles. The smallest absolute Gasteiger partial charge is 0.150 e. The fraction of sp³-hybridized carbons (Fsp3) is 0.133. The Morgan fingerprint density at radius 3 is 2.67 bits per heavy atom. The fourth-order valence-corrected chi connectivity index (χ4v) is 2.85. The molecule has 1 aromatic heterocycles. The molecule has 0 aliphatic carbocycles. The molecule has 3 aromatic rings. The van der Waals surface area contributed by atoms with Crippen molar-refractivity contribution >= 4 is 44.0 Å². The van der Waals surface area contributed by atoms with E-state index in [9.17, 15) is 4.79 Å². The molecule has 0 fully saturated rings. The summed E-state index contributed by atoms with van der Waals surface area (Å²) < 4.78 is 3.34. The molecule has 0 unspecified atom stereocenters. The van der Waals surface area contributed by atoms with E-state index in [0.29, 0.717) is 0 Å². The molecule has 0 aliphatic heterocycles. The van der Waals surface area contributed by atoms with Crippen LogP contribution >= 0.6 is 15.9 Å². The van der Waals surface area contributed by atoms with Crippen LogP contribution in [0.3, 0.4) is 0 Å². The van der Waals surface area contributed by atoms with E-state index in [0.717, 1.165) is 28.3 Å². The molecule has 0 aliphatic rings. The summed E-state index contributed by atoms with van der Waals surface area (Å²) in [4.78, 5) is 10.9. The van der Waals surface area contributed by atoms with Crippen molar-refractivity contribution < 1.29 is 4.79 Å². The number of nitrogens with zero attached hydrogens (tertiary/aromatic N) is 1. The summed E-state index contributed by atoms with van der Waals surface area (Å²) in [5.74, 6) is 0. The number of aryl methyl sites for hydroxylation is 1. The third kappa shape index (κ3) is 1.58. The summed E-state index contributed by atoms with van der Waals surface area (Å²) in [7, 11) is 0. The van der Waals surface area contributed by atoms with Gasteiger partial charge in [-0.05, 0) is 37.3 Å². The lowest BCUT2D eigenvalue weighted by Gasteiger charge is -2.02. The Labute approximate surface area is 113 Å². The molecule has 0 bridgehead atoms. The van der Waals surface area contributed by atoms with Crippen molar-refractivity contribution in [2.45, 2.75) is 13.5 Å². The molecule has 3 heteroatoms. The molecule has 0 saturated carbocycles. The number of rotatable bonds is 2. The van der Waals surface area contributed by atoms with Crippen molar-refractivity contribution in [3.05, 3.63) is 46.4 Å². The second kappa shape index (κ2) is 4.25. The second-order valence-corrected chi connectivity index (χ2v) is 5.22. The predicted molar refractivity (Wildman–Crippen MR) is 78.2 cm³/mol. The zero-order valence-electron chi connectivity index (χ0n) is 9.98. The molecule has 3 rings (SSSR count). The van der Waals surface area contributed by atoms with E-state index in [-0.39, 0.29) is 0 Å². The number of hydrogen-bond donors (Lipinski definition) is 0. The van der Waals surface area contributed by atoms with Crippen LogP contribution in [0.1, 0.15) is 17.3 Å². The Morgan fingerprint density at radius 2 is 1.94 bits per heavy atom. The van der Waals surface area contributed by atoms with Crippen LogP contribution in [0.15, 0.2) is 40.9 Å². The first-order valence-corrected chi connectivity index (χ1v) is 6.70. The monoisotopic (exact) mass is 301 g/mol. The normalized spacial score (nSPS) is 11.2. The topological polar surface area (TPSA) is 22.0 Å². The number of halogens is 1. The Balaban J connectivity index is 2.52. The van der Waals surface area contributed by atoms with Gasteiger partial charge in [0.2, 0.25) is 0 Å². The number of aromatic nitrogens is 1. The standard InChI is InChI=1S/C15H12BrNO/c1-2-17-14-6-3-10(9-18)7-13(14)12-5-4-11(16)8-15(12)17/h3-9H,2H2,1H3. The molecule has 0 amide bonds. The fourth-order valence-electron chi connectivity index (χ4n) is 2.50. The van der Waals surface area contributed by atoms with E-state index < -0.39 is 0 Å². The quantitative estimate of drug-likeness (QED) is 0.644. The van der Waals surface area contributed by atoms with Gasteiger partial charge < -0.3 is 4.57 Å². The number of fused-ring (bicyclic) bond motifs is 3. The van der Waals surface area contributed by atoms with Crippen molar-refractivity contribution in [2.75, 3.05) is 0 Å². The minimum absolute atomic E-state index is 0.723. The molecule has 1 heterocycles. The van der Waals surface area contributed by atoms with Crippen LogP contribution in [-0.2, 0) is 6.54 Å². The molecule has 0 atom stereocenters. The highest BCUT2D eigenvalue weighted by molar-refractivity contribution is 9.10. The summed E-state index contributed by atoms with van der Waals surface area (Å²) >= 11 is 3.51. The van der Waals surface area contributed by atoms with Crippen molar-refractivity contribution in [1.82, 2.24) is 4.57 Å². The first-order valence-electron chi connectivity index (χ1n) is 5.91. The summed E-state index contributed by atoms with van der Waals surface area (Å²) in [5, 5.41) is 2.34. The third-order valence-electron chi connectivity index (χ3n) is 3.30. The zero-order chi connectivity index (χ0) is 12.7. The number of hydrogen-bond acceptors (Lipinski definition) is 1. The second-order valence-electron chi connectivity index (χ2n) is 4.30. The maximum atomic E-state index is 10.9. The minimum Gasteiger partial charge on any atom is -0.341 e. The van der Waals surface area contributed by atoms with Gasteiger partial charge in [-0.2, -0.15) is 0 Å². The number of aldehydes is 1. The van der Waals surface area contributed by atoms with Crippen LogP contribution < -0.4 is 0 Å². The average molecular weight is 302 g/mol. The average Bonchev–Trinajstić information content (AvgIpc) is 2.70. The van der Waals surface area contributed by atoms with Crippen LogP contribution in [-0.4, -0.2) is 10.9 Å². The van der Waals surface area contributed by atoms with Gasteiger partial charge in [-0.3, -0.25) is 4.79 Å². The minimum atomic E-state index is 0.723. The Morgan fingerprint density at radius 1 is 1.11 bits per heavy atom. The van der Waals surface area contributed by atoms with E-state index in [4.69, 9.17) is 0 Å². The Kier molecular flexibility index (Phi) is 2.71. The lowest BCUT2D eigenvalue weighted by molar-refractivity contribution is 0.112. The lowest BCUT2D eigenvalue weighted by atomic mass is 10.1. The van der Waals surface area contributed by atoms with Gasteiger partial charge in [-0.1, -0.05) is 22.0 Å². The maximum Gasteiger partial charge on any atom is 0.150 e. The predicted octanol–water partition coefficient (Wildman–Crippen LogP) is 4.39. The van der Waals surface area contributed by atoms with Gasteiger partial charge in [0, 0.05) is 32.9 Å². The van der Waals surface area contributed by atoms with Crippen LogP contribution in [0.5, 0.6) is 0 Å². The van der Waals surface area contributed by atoms with Crippen LogP contribution in [0.4, 0.5) is 0 Å². The van der Waals surface area contributed by atoms with E-state index in [2.05, 4.69) is 39.6 Å². The van der Waals surface area contributed by atoms with Gasteiger partial charge in [0.15, 0.2) is 0 Å². The Hall–Kier alpha value is -1.61. The highest BCUT2D eigenvalue weighted by Gasteiger charge is 2.10. The van der Waals surface area contributed by atoms with Crippen LogP contribution in [0.25, 0.3) is 21.8 Å². The zero-order valence-corrected chi connectivity index (χ0v) is 11.6. The largest absolute Gasteiger partial charge is 0.341 e. The van der Waals surface area contributed by atoms with Crippen molar-refractivity contribution in [2.24, 2.45) is 0 Å². The molecule has 18 heavy (non-hydrogen) atoms. The van der Waals surface area contributed by atoms with Gasteiger partial charge in [0.1, 0.15) is 6.29 Å². The van der Waals surface area contributed by atoms with E-state index in [1.165, 1.54) is 16.4 Å². The third-order valence-corrected chi connectivity index (χ3v) is 3.80. The molecular weight excluding hydrogens is 290 g/mol. The van der Waals surface area contributed by atoms with Gasteiger partial charge in [-0.25, -0.2) is 0 Å².